The van der Waals surface area contributed by atoms with E-state index in [-0.39, 0.29) is 12.2 Å². The maximum Gasteiger partial charge on any atom is 0.340 e. The summed E-state index contributed by atoms with van der Waals surface area (Å²) in [5.74, 6) is -0.0285. The summed E-state index contributed by atoms with van der Waals surface area (Å²) in [6.45, 7) is 1.68. The summed E-state index contributed by atoms with van der Waals surface area (Å²) in [4.78, 5) is 11.9. The van der Waals surface area contributed by atoms with Crippen molar-refractivity contribution in [2.45, 2.75) is 13.5 Å². The second-order valence-corrected chi connectivity index (χ2v) is 3.83. The second-order valence-electron chi connectivity index (χ2n) is 3.83. The minimum Gasteiger partial charge on any atom is -0.497 e. The Kier molecular flexibility index (Phi) is 3.65. The number of nitrogens with zero attached hydrogens (tertiary/aromatic N) is 2. The fourth-order valence-electron chi connectivity index (χ4n) is 1.43. The Morgan fingerprint density at radius 3 is 2.84 bits per heavy atom. The van der Waals surface area contributed by atoms with Crippen molar-refractivity contribution >= 4 is 11.7 Å². The molecule has 100 valence electrons. The lowest BCUT2D eigenvalue weighted by molar-refractivity contribution is 0.0464. The van der Waals surface area contributed by atoms with E-state index in [1.807, 2.05) is 0 Å². The summed E-state index contributed by atoms with van der Waals surface area (Å²) in [7, 11) is 1.51. The highest BCUT2D eigenvalue weighted by atomic mass is 16.6. The highest BCUT2D eigenvalue weighted by molar-refractivity contribution is 5.95. The number of nitrogens with two attached hydrogens (primary N) is 1. The third-order valence-corrected chi connectivity index (χ3v) is 2.57. The van der Waals surface area contributed by atoms with Gasteiger partial charge < -0.3 is 15.2 Å². The number of methoxy groups -OCH3 is 1. The van der Waals surface area contributed by atoms with Crippen molar-refractivity contribution in [1.82, 2.24) is 10.3 Å². The number of carbonyl (C=O) groups excluding carboxylic acids is 1. The largest absolute Gasteiger partial charge is 0.497 e. The predicted octanol–water partition coefficient (Wildman–Crippen LogP) is 1.33. The first-order valence-electron chi connectivity index (χ1n) is 5.50. The molecule has 1 heterocycles. The average Bonchev–Trinajstić information content (AvgIpc) is 2.82. The Labute approximate surface area is 109 Å². The van der Waals surface area contributed by atoms with Crippen LogP contribution in [0.4, 0.5) is 5.69 Å². The normalized spacial score (nSPS) is 10.2. The first kappa shape index (κ1) is 12.9. The quantitative estimate of drug-likeness (QED) is 0.655. The van der Waals surface area contributed by atoms with E-state index in [2.05, 4.69) is 14.9 Å². The first-order chi connectivity index (χ1) is 9.11. The van der Waals surface area contributed by atoms with Gasteiger partial charge in [0.1, 0.15) is 23.7 Å². The summed E-state index contributed by atoms with van der Waals surface area (Å²) in [5, 5.41) is 7.21. The number of ether oxygens (including phenoxy) is 2. The van der Waals surface area contributed by atoms with Gasteiger partial charge in [-0.25, -0.2) is 9.42 Å². The lowest BCUT2D eigenvalue weighted by Gasteiger charge is -2.07. The maximum atomic E-state index is 11.9. The van der Waals surface area contributed by atoms with Crippen molar-refractivity contribution in [3.63, 3.8) is 0 Å². The summed E-state index contributed by atoms with van der Waals surface area (Å²) in [5.41, 5.74) is 7.33. The van der Waals surface area contributed by atoms with Crippen LogP contribution in [0.2, 0.25) is 0 Å². The molecule has 7 nitrogen and oxygen atoms in total. The smallest absolute Gasteiger partial charge is 0.340 e. The Bertz CT molecular complexity index is 594. The predicted molar refractivity (Wildman–Crippen MR) is 65.6 cm³/mol. The topological polar surface area (TPSA) is 100 Å². The van der Waals surface area contributed by atoms with Gasteiger partial charge in [0.2, 0.25) is 0 Å². The Morgan fingerprint density at radius 1 is 1.42 bits per heavy atom. The third-order valence-electron chi connectivity index (χ3n) is 2.57. The van der Waals surface area contributed by atoms with Crippen molar-refractivity contribution in [2.24, 2.45) is 0 Å². The van der Waals surface area contributed by atoms with Crippen LogP contribution < -0.4 is 10.5 Å². The molecule has 2 N–H and O–H groups in total. The molecule has 19 heavy (non-hydrogen) atoms. The van der Waals surface area contributed by atoms with Crippen molar-refractivity contribution in [2.75, 3.05) is 12.8 Å². The van der Waals surface area contributed by atoms with Gasteiger partial charge in [-0.1, -0.05) is 10.3 Å². The standard InChI is InChI=1S/C12H13N3O4/c1-7-11(15-19-14-7)6-18-12(16)9-5-8(17-2)3-4-10(9)13/h3-5H,6,13H2,1-2H3. The number of anilines is 1. The summed E-state index contributed by atoms with van der Waals surface area (Å²) < 4.78 is 14.6. The third kappa shape index (κ3) is 2.82. The SMILES string of the molecule is COc1ccc(N)c(C(=O)OCc2nonc2C)c1. The number of aryl methyl sites for hydroxylation is 1. The molecule has 0 saturated heterocycles. The van der Waals surface area contributed by atoms with E-state index in [4.69, 9.17) is 15.2 Å². The number of aromatic nitrogens is 2. The number of nitrogen functional groups attached to an aromatic ring is 1. The number of carbonyl (C=O) groups is 1. The summed E-state index contributed by atoms with van der Waals surface area (Å²) in [6.07, 6.45) is 0. The summed E-state index contributed by atoms with van der Waals surface area (Å²) in [6, 6.07) is 4.77. The maximum absolute atomic E-state index is 11.9. The van der Waals surface area contributed by atoms with Crippen LogP contribution in [0.25, 0.3) is 0 Å². The second kappa shape index (κ2) is 5.38. The van der Waals surface area contributed by atoms with Gasteiger partial charge in [0, 0.05) is 5.69 Å². The highest BCUT2D eigenvalue weighted by Crippen LogP contribution is 2.20. The lowest BCUT2D eigenvalue weighted by Crippen LogP contribution is -2.09. The molecule has 0 amide bonds. The van der Waals surface area contributed by atoms with Crippen LogP contribution >= 0.6 is 0 Å². The van der Waals surface area contributed by atoms with E-state index in [1.54, 1.807) is 19.1 Å². The van der Waals surface area contributed by atoms with E-state index in [0.29, 0.717) is 22.8 Å². The van der Waals surface area contributed by atoms with Gasteiger partial charge in [-0.2, -0.15) is 0 Å². The molecule has 0 spiro atoms. The fourth-order valence-corrected chi connectivity index (χ4v) is 1.43. The Balaban J connectivity index is 2.10. The van der Waals surface area contributed by atoms with Gasteiger partial charge in [-0.3, -0.25) is 0 Å². The van der Waals surface area contributed by atoms with Crippen LogP contribution in [0.3, 0.4) is 0 Å². The van der Waals surface area contributed by atoms with Crippen LogP contribution in [0.1, 0.15) is 21.7 Å². The van der Waals surface area contributed by atoms with Crippen molar-refractivity contribution in [3.05, 3.63) is 35.2 Å². The number of rotatable bonds is 4. The minimum atomic E-state index is -0.557. The number of benzene rings is 1. The molecule has 2 rings (SSSR count). The Hall–Kier alpha value is -2.57. The molecule has 2 aromatic rings. The lowest BCUT2D eigenvalue weighted by atomic mass is 10.2. The van der Waals surface area contributed by atoms with E-state index in [9.17, 15) is 4.79 Å². The minimum absolute atomic E-state index is 0.0230. The molecular weight excluding hydrogens is 250 g/mol. The van der Waals surface area contributed by atoms with Gasteiger partial charge in [0.15, 0.2) is 0 Å². The molecule has 7 heteroatoms. The van der Waals surface area contributed by atoms with Crippen LogP contribution in [0.15, 0.2) is 22.8 Å². The molecule has 0 aliphatic heterocycles. The van der Waals surface area contributed by atoms with Crippen molar-refractivity contribution < 1.29 is 18.9 Å². The zero-order chi connectivity index (χ0) is 13.8. The number of hydrogen-bond donors (Lipinski definition) is 1. The van der Waals surface area contributed by atoms with E-state index < -0.39 is 5.97 Å². The molecule has 0 aliphatic rings. The monoisotopic (exact) mass is 263 g/mol. The molecule has 0 radical (unpaired) electrons. The molecule has 1 aromatic carbocycles. The fraction of sp³-hybridized carbons (Fsp3) is 0.250. The molecular formula is C12H13N3O4. The number of hydrogen-bond acceptors (Lipinski definition) is 7. The Morgan fingerprint density at radius 2 is 2.21 bits per heavy atom. The molecule has 0 atom stereocenters. The van der Waals surface area contributed by atoms with E-state index >= 15 is 0 Å². The molecule has 0 saturated carbocycles. The van der Waals surface area contributed by atoms with Crippen molar-refractivity contribution in [3.8, 4) is 5.75 Å². The molecule has 0 fully saturated rings. The highest BCUT2D eigenvalue weighted by Gasteiger charge is 2.14. The zero-order valence-electron chi connectivity index (χ0n) is 10.5. The van der Waals surface area contributed by atoms with E-state index in [0.717, 1.165) is 0 Å². The van der Waals surface area contributed by atoms with Gasteiger partial charge in [-0.15, -0.1) is 0 Å². The van der Waals surface area contributed by atoms with Crippen LogP contribution in [0.5, 0.6) is 5.75 Å². The van der Waals surface area contributed by atoms with Gasteiger partial charge in [-0.05, 0) is 25.1 Å². The van der Waals surface area contributed by atoms with E-state index in [1.165, 1.54) is 13.2 Å². The van der Waals surface area contributed by atoms with Gasteiger partial charge in [0.25, 0.3) is 0 Å². The van der Waals surface area contributed by atoms with Crippen LogP contribution in [-0.2, 0) is 11.3 Å². The number of esters is 1. The van der Waals surface area contributed by atoms with Gasteiger partial charge in [0.05, 0.1) is 12.7 Å². The molecule has 1 aromatic heterocycles. The zero-order valence-corrected chi connectivity index (χ0v) is 10.5. The van der Waals surface area contributed by atoms with Crippen LogP contribution in [-0.4, -0.2) is 23.4 Å². The van der Waals surface area contributed by atoms with Crippen molar-refractivity contribution in [1.29, 1.82) is 0 Å². The van der Waals surface area contributed by atoms with Gasteiger partial charge >= 0.3 is 5.97 Å². The van der Waals surface area contributed by atoms with Crippen LogP contribution in [0, 0.1) is 6.92 Å². The first-order valence-corrected chi connectivity index (χ1v) is 5.50. The average molecular weight is 263 g/mol. The molecule has 0 aliphatic carbocycles. The molecule has 0 unspecified atom stereocenters. The molecule has 0 bridgehead atoms. The summed E-state index contributed by atoms with van der Waals surface area (Å²) >= 11 is 0.